The van der Waals surface area contributed by atoms with Crippen molar-refractivity contribution in [2.45, 2.75) is 32.5 Å². The molecule has 0 bridgehead atoms. The molecule has 1 aromatic rings. The smallest absolute Gasteiger partial charge is 0.119 e. The summed E-state index contributed by atoms with van der Waals surface area (Å²) in [7, 11) is 0. The summed E-state index contributed by atoms with van der Waals surface area (Å²) >= 11 is 0. The molecule has 1 aromatic carbocycles. The highest BCUT2D eigenvalue weighted by Gasteiger charge is 2.12. The van der Waals surface area contributed by atoms with Crippen LogP contribution in [0.1, 0.15) is 20.3 Å². The lowest BCUT2D eigenvalue weighted by atomic mass is 10.2. The van der Waals surface area contributed by atoms with Gasteiger partial charge in [0.1, 0.15) is 5.75 Å². The summed E-state index contributed by atoms with van der Waals surface area (Å²) in [6.07, 6.45) is 1.58. The number of nitrogens with one attached hydrogen (secondary N) is 2. The van der Waals surface area contributed by atoms with Gasteiger partial charge in [-0.3, -0.25) is 0 Å². The van der Waals surface area contributed by atoms with Gasteiger partial charge in [0.2, 0.25) is 0 Å². The summed E-state index contributed by atoms with van der Waals surface area (Å²) in [5.41, 5.74) is 1.12. The fraction of sp³-hybridized carbons (Fsp3) is 0.600. The van der Waals surface area contributed by atoms with Gasteiger partial charge < -0.3 is 20.1 Å². The Kier molecular flexibility index (Phi) is 5.48. The van der Waals surface area contributed by atoms with Crippen LogP contribution >= 0.6 is 0 Å². The van der Waals surface area contributed by atoms with Gasteiger partial charge in [0.25, 0.3) is 0 Å². The Balaban J connectivity index is 1.70. The average molecular weight is 264 g/mol. The van der Waals surface area contributed by atoms with Crippen LogP contribution in [-0.2, 0) is 4.74 Å². The van der Waals surface area contributed by atoms with Crippen molar-refractivity contribution < 1.29 is 9.47 Å². The number of morpholine rings is 1. The molecule has 2 N–H and O–H groups in total. The summed E-state index contributed by atoms with van der Waals surface area (Å²) in [5, 5.41) is 6.75. The van der Waals surface area contributed by atoms with Gasteiger partial charge in [-0.1, -0.05) is 0 Å². The van der Waals surface area contributed by atoms with Gasteiger partial charge in [0.05, 0.1) is 18.8 Å². The van der Waals surface area contributed by atoms with Crippen LogP contribution in [0.15, 0.2) is 24.3 Å². The van der Waals surface area contributed by atoms with E-state index in [2.05, 4.69) is 22.8 Å². The monoisotopic (exact) mass is 264 g/mol. The molecule has 1 fully saturated rings. The van der Waals surface area contributed by atoms with Crippen molar-refractivity contribution in [3.8, 4) is 5.75 Å². The molecule has 19 heavy (non-hydrogen) atoms. The number of hydrogen-bond acceptors (Lipinski definition) is 4. The van der Waals surface area contributed by atoms with E-state index in [1.165, 1.54) is 0 Å². The molecule has 0 aromatic heterocycles. The predicted molar refractivity (Wildman–Crippen MR) is 77.9 cm³/mol. The zero-order valence-corrected chi connectivity index (χ0v) is 11.8. The predicted octanol–water partition coefficient (Wildman–Crippen LogP) is 2.26. The number of benzene rings is 1. The second kappa shape index (κ2) is 7.36. The van der Waals surface area contributed by atoms with Crippen LogP contribution in [-0.4, -0.2) is 38.4 Å². The molecule has 4 heteroatoms. The third kappa shape index (κ3) is 5.09. The Labute approximate surface area is 115 Å². The van der Waals surface area contributed by atoms with Crippen LogP contribution in [0.5, 0.6) is 5.75 Å². The van der Waals surface area contributed by atoms with Gasteiger partial charge in [-0.25, -0.2) is 0 Å². The summed E-state index contributed by atoms with van der Waals surface area (Å²) < 4.78 is 11.3. The zero-order valence-electron chi connectivity index (χ0n) is 11.8. The van der Waals surface area contributed by atoms with Crippen molar-refractivity contribution in [3.05, 3.63) is 24.3 Å². The van der Waals surface area contributed by atoms with E-state index in [0.29, 0.717) is 6.10 Å². The molecule has 1 unspecified atom stereocenters. The van der Waals surface area contributed by atoms with Crippen molar-refractivity contribution in [1.29, 1.82) is 0 Å². The normalized spacial score (nSPS) is 19.4. The highest BCUT2D eigenvalue weighted by Crippen LogP contribution is 2.17. The van der Waals surface area contributed by atoms with E-state index in [4.69, 9.17) is 9.47 Å². The minimum atomic E-state index is 0.217. The number of hydrogen-bond donors (Lipinski definition) is 2. The van der Waals surface area contributed by atoms with E-state index >= 15 is 0 Å². The molecule has 1 atom stereocenters. The van der Waals surface area contributed by atoms with Crippen molar-refractivity contribution in [1.82, 2.24) is 5.32 Å². The topological polar surface area (TPSA) is 42.5 Å². The minimum Gasteiger partial charge on any atom is -0.491 e. The van der Waals surface area contributed by atoms with Crippen LogP contribution < -0.4 is 15.4 Å². The maximum absolute atomic E-state index is 5.66. The first-order valence-electron chi connectivity index (χ1n) is 7.07. The summed E-state index contributed by atoms with van der Waals surface area (Å²) in [6, 6.07) is 8.11. The standard InChI is InChI=1S/C15H24N2O2/c1-12(2)19-14-5-3-13(4-6-14)17-8-7-15-11-16-9-10-18-15/h3-6,12,15-17H,7-11H2,1-2H3. The van der Waals surface area contributed by atoms with Crippen LogP contribution in [0, 0.1) is 0 Å². The molecule has 0 spiro atoms. The lowest BCUT2D eigenvalue weighted by molar-refractivity contribution is 0.0258. The summed E-state index contributed by atoms with van der Waals surface area (Å²) in [4.78, 5) is 0. The summed E-state index contributed by atoms with van der Waals surface area (Å²) in [5.74, 6) is 0.917. The van der Waals surface area contributed by atoms with Crippen molar-refractivity contribution in [2.24, 2.45) is 0 Å². The molecule has 0 radical (unpaired) electrons. The average Bonchev–Trinajstić information content (AvgIpc) is 2.41. The molecule has 1 aliphatic rings. The Hall–Kier alpha value is -1.26. The maximum atomic E-state index is 5.66. The highest BCUT2D eigenvalue weighted by atomic mass is 16.5. The first-order chi connectivity index (χ1) is 9.24. The molecule has 1 aliphatic heterocycles. The van der Waals surface area contributed by atoms with Gasteiger partial charge in [-0.15, -0.1) is 0 Å². The first kappa shape index (κ1) is 14.2. The molecule has 4 nitrogen and oxygen atoms in total. The van der Waals surface area contributed by atoms with Crippen LogP contribution in [0.3, 0.4) is 0 Å². The fourth-order valence-electron chi connectivity index (χ4n) is 2.11. The zero-order chi connectivity index (χ0) is 13.5. The number of ether oxygens (including phenoxy) is 2. The van der Waals surface area contributed by atoms with Gasteiger partial charge in [-0.2, -0.15) is 0 Å². The Morgan fingerprint density at radius 1 is 1.37 bits per heavy atom. The van der Waals surface area contributed by atoms with Crippen molar-refractivity contribution in [3.63, 3.8) is 0 Å². The Morgan fingerprint density at radius 2 is 2.16 bits per heavy atom. The molecule has 0 aliphatic carbocycles. The third-order valence-electron chi connectivity index (χ3n) is 3.03. The van der Waals surface area contributed by atoms with E-state index in [9.17, 15) is 0 Å². The van der Waals surface area contributed by atoms with E-state index in [-0.39, 0.29) is 6.10 Å². The lowest BCUT2D eigenvalue weighted by Gasteiger charge is -2.23. The quantitative estimate of drug-likeness (QED) is 0.827. The Bertz CT molecular complexity index is 359. The van der Waals surface area contributed by atoms with Crippen molar-refractivity contribution >= 4 is 5.69 Å². The SMILES string of the molecule is CC(C)Oc1ccc(NCCC2CNCCO2)cc1. The molecule has 0 saturated carbocycles. The number of rotatable bonds is 6. The molecule has 1 heterocycles. The van der Waals surface area contributed by atoms with Crippen molar-refractivity contribution in [2.75, 3.05) is 31.6 Å². The Morgan fingerprint density at radius 3 is 2.79 bits per heavy atom. The maximum Gasteiger partial charge on any atom is 0.119 e. The van der Waals surface area contributed by atoms with E-state index in [0.717, 1.165) is 44.1 Å². The van der Waals surface area contributed by atoms with Gasteiger partial charge in [0.15, 0.2) is 0 Å². The molecular formula is C15H24N2O2. The third-order valence-corrected chi connectivity index (χ3v) is 3.03. The van der Waals surface area contributed by atoms with E-state index in [1.54, 1.807) is 0 Å². The van der Waals surface area contributed by atoms with Gasteiger partial charge >= 0.3 is 0 Å². The molecule has 106 valence electrons. The van der Waals surface area contributed by atoms with Gasteiger partial charge in [-0.05, 0) is 44.5 Å². The fourth-order valence-corrected chi connectivity index (χ4v) is 2.11. The second-order valence-electron chi connectivity index (χ2n) is 5.10. The van der Waals surface area contributed by atoms with Crippen LogP contribution in [0.25, 0.3) is 0 Å². The highest BCUT2D eigenvalue weighted by molar-refractivity contribution is 5.46. The van der Waals surface area contributed by atoms with Gasteiger partial charge in [0, 0.05) is 25.3 Å². The first-order valence-corrected chi connectivity index (χ1v) is 7.07. The minimum absolute atomic E-state index is 0.217. The van der Waals surface area contributed by atoms with E-state index in [1.807, 2.05) is 26.0 Å². The number of anilines is 1. The largest absolute Gasteiger partial charge is 0.491 e. The van der Waals surface area contributed by atoms with Crippen LogP contribution in [0.4, 0.5) is 5.69 Å². The van der Waals surface area contributed by atoms with E-state index < -0.39 is 0 Å². The molecule has 2 rings (SSSR count). The molecule has 0 amide bonds. The second-order valence-corrected chi connectivity index (χ2v) is 5.10. The molecule has 1 saturated heterocycles. The lowest BCUT2D eigenvalue weighted by Crippen LogP contribution is -2.39. The molecular weight excluding hydrogens is 240 g/mol. The van der Waals surface area contributed by atoms with Crippen LogP contribution in [0.2, 0.25) is 0 Å². The summed E-state index contributed by atoms with van der Waals surface area (Å²) in [6.45, 7) is 7.75.